The molecule has 0 spiro atoms. The molecule has 1 fully saturated rings. The number of allylic oxidation sites excluding steroid dienone is 8. The Morgan fingerprint density at radius 3 is 0.775 bits per heavy atom. The molecule has 0 amide bonds. The number of hydrogen-bond donors (Lipinski definition) is 0. The summed E-state index contributed by atoms with van der Waals surface area (Å²) in [7, 11) is 1.45. The Bertz CT molecular complexity index is 1700. The molecule has 0 N–H and O–H groups in total. The molecular formula is C79H142O10. The molecule has 1 heterocycles. The molecule has 0 aromatic heterocycles. The first kappa shape index (κ1) is 83.8. The van der Waals surface area contributed by atoms with Crippen LogP contribution in [-0.4, -0.2) is 68.3 Å². The van der Waals surface area contributed by atoms with Crippen LogP contribution >= 0.6 is 0 Å². The van der Waals surface area contributed by atoms with Crippen molar-refractivity contribution in [3.8, 4) is 0 Å². The van der Waals surface area contributed by atoms with Gasteiger partial charge in [-0.1, -0.05) is 282 Å². The standard InChI is InChI=1S/C79H142O10/c1-6-10-14-18-22-26-30-34-38-42-46-50-54-58-62-66-72(80)85-70-71-76(87-73(81)67-63-59-55-51-47-43-39-35-31-27-23-19-15-11-7-2)77(88-74(82)68-64-60-56-52-48-44-40-36-32-28-24-20-16-12-8-3)78(79(84-5)86-71)89-75(83)69-65-61-57-53-49-45-41-37-33-29-25-21-17-13-9-4/h34-41,71,76-79H,6-33,42-70H2,1-5H3/b38-34-,39-35-,40-36-,41-37-/t71-,76-,77+,78-,79+/m1/s1. The highest BCUT2D eigenvalue weighted by molar-refractivity contribution is 5.72. The zero-order valence-corrected chi connectivity index (χ0v) is 58.9. The number of esters is 4. The summed E-state index contributed by atoms with van der Waals surface area (Å²) < 4.78 is 37.0. The number of carbonyl (C=O) groups excluding carboxylic acids is 4. The van der Waals surface area contributed by atoms with Crippen LogP contribution in [0.2, 0.25) is 0 Å². The third-order valence-electron chi connectivity index (χ3n) is 17.6. The van der Waals surface area contributed by atoms with E-state index in [1.165, 1.54) is 168 Å². The van der Waals surface area contributed by atoms with Gasteiger partial charge in [-0.3, -0.25) is 19.2 Å². The van der Waals surface area contributed by atoms with E-state index in [4.69, 9.17) is 28.4 Å². The van der Waals surface area contributed by atoms with Crippen LogP contribution in [0.25, 0.3) is 0 Å². The molecule has 0 aromatic rings. The number of carbonyl (C=O) groups is 4. The molecule has 1 rings (SSSR count). The van der Waals surface area contributed by atoms with E-state index < -0.39 is 48.6 Å². The lowest BCUT2D eigenvalue weighted by atomic mass is 9.97. The van der Waals surface area contributed by atoms with Gasteiger partial charge >= 0.3 is 23.9 Å². The zero-order valence-electron chi connectivity index (χ0n) is 58.9. The summed E-state index contributed by atoms with van der Waals surface area (Å²) in [6.45, 7) is 8.79. The maximum Gasteiger partial charge on any atom is 0.306 e. The first-order chi connectivity index (χ1) is 43.8. The summed E-state index contributed by atoms with van der Waals surface area (Å²) in [5.74, 6) is -1.76. The maximum atomic E-state index is 14.0. The molecule has 0 unspecified atom stereocenters. The molecule has 10 heteroatoms. The smallest absolute Gasteiger partial charge is 0.306 e. The lowest BCUT2D eigenvalue weighted by Crippen LogP contribution is -2.63. The fraction of sp³-hybridized carbons (Fsp3) is 0.848. The average molecular weight is 1250 g/mol. The van der Waals surface area contributed by atoms with Gasteiger partial charge < -0.3 is 28.4 Å². The van der Waals surface area contributed by atoms with Gasteiger partial charge in [-0.25, -0.2) is 0 Å². The Morgan fingerprint density at radius 1 is 0.281 bits per heavy atom. The summed E-state index contributed by atoms with van der Waals surface area (Å²) in [5, 5.41) is 0. The van der Waals surface area contributed by atoms with Gasteiger partial charge in [0.05, 0.1) is 0 Å². The first-order valence-corrected chi connectivity index (χ1v) is 38.3. The second-order valence-electron chi connectivity index (χ2n) is 26.2. The molecule has 0 bridgehead atoms. The molecule has 0 radical (unpaired) electrons. The molecule has 1 saturated heterocycles. The second-order valence-corrected chi connectivity index (χ2v) is 26.2. The molecule has 1 aliphatic rings. The third kappa shape index (κ3) is 53.9. The van der Waals surface area contributed by atoms with Gasteiger partial charge in [0.15, 0.2) is 24.6 Å². The summed E-state index contributed by atoms with van der Waals surface area (Å²) in [6.07, 6.45) is 73.4. The Balaban J connectivity index is 3.04. The van der Waals surface area contributed by atoms with Crippen molar-refractivity contribution < 1.29 is 47.6 Å². The Hall–Kier alpha value is -3.24. The van der Waals surface area contributed by atoms with E-state index in [1.54, 1.807) is 0 Å². The van der Waals surface area contributed by atoms with Crippen molar-refractivity contribution in [1.82, 2.24) is 0 Å². The minimum absolute atomic E-state index is 0.161. The van der Waals surface area contributed by atoms with Crippen LogP contribution in [0.3, 0.4) is 0 Å². The van der Waals surface area contributed by atoms with Crippen LogP contribution < -0.4 is 0 Å². The van der Waals surface area contributed by atoms with Crippen LogP contribution in [0.4, 0.5) is 0 Å². The Kier molecular flexibility index (Phi) is 62.3. The number of ether oxygens (including phenoxy) is 6. The van der Waals surface area contributed by atoms with Gasteiger partial charge in [-0.2, -0.15) is 0 Å². The molecule has 5 atom stereocenters. The Labute approximate surface area is 549 Å². The van der Waals surface area contributed by atoms with E-state index in [-0.39, 0.29) is 38.3 Å². The highest BCUT2D eigenvalue weighted by Crippen LogP contribution is 2.31. The zero-order chi connectivity index (χ0) is 64.4. The van der Waals surface area contributed by atoms with Crippen LogP contribution in [0.5, 0.6) is 0 Å². The van der Waals surface area contributed by atoms with Crippen molar-refractivity contribution in [1.29, 1.82) is 0 Å². The van der Waals surface area contributed by atoms with Crippen molar-refractivity contribution >= 4 is 23.9 Å². The van der Waals surface area contributed by atoms with E-state index in [0.29, 0.717) is 25.7 Å². The molecule has 89 heavy (non-hydrogen) atoms. The Morgan fingerprint density at radius 2 is 0.506 bits per heavy atom. The summed E-state index contributed by atoms with van der Waals surface area (Å²) in [4.78, 5) is 55.0. The minimum Gasteiger partial charge on any atom is -0.463 e. The van der Waals surface area contributed by atoms with E-state index in [0.717, 1.165) is 148 Å². The monoisotopic (exact) mass is 1250 g/mol. The average Bonchev–Trinajstić information content (AvgIpc) is 2.15. The van der Waals surface area contributed by atoms with Gasteiger partial charge in [0.25, 0.3) is 0 Å². The maximum absolute atomic E-state index is 14.0. The van der Waals surface area contributed by atoms with Crippen molar-refractivity contribution in [3.05, 3.63) is 48.6 Å². The van der Waals surface area contributed by atoms with E-state index in [1.807, 2.05) is 0 Å². The quantitative estimate of drug-likeness (QED) is 0.0252. The normalized spacial score (nSPS) is 17.0. The SMILES string of the molecule is CCCCCCCC/C=C\CCCCCCCC(=O)OC[C@H]1O[C@H](OC)[C@H](OC(=O)CCCCCCC/C=C\CCCCCCCC)[C@@H](OC(=O)CCCCCCC/C=C\CCCCCCCC)[C@@H]1OC(=O)CCCCCCC/C=C\CCCCCCCC. The molecular weight excluding hydrogens is 1110 g/mol. The lowest BCUT2D eigenvalue weighted by Gasteiger charge is -2.44. The van der Waals surface area contributed by atoms with Crippen LogP contribution in [-0.2, 0) is 47.6 Å². The van der Waals surface area contributed by atoms with Gasteiger partial charge in [-0.15, -0.1) is 0 Å². The first-order valence-electron chi connectivity index (χ1n) is 38.3. The van der Waals surface area contributed by atoms with Crippen LogP contribution in [0.1, 0.15) is 387 Å². The van der Waals surface area contributed by atoms with Gasteiger partial charge in [0.2, 0.25) is 0 Å². The van der Waals surface area contributed by atoms with Crippen LogP contribution in [0, 0.1) is 0 Å². The molecule has 1 aliphatic heterocycles. The molecule has 0 aliphatic carbocycles. The third-order valence-corrected chi connectivity index (χ3v) is 17.6. The van der Waals surface area contributed by atoms with Crippen LogP contribution in [0.15, 0.2) is 48.6 Å². The van der Waals surface area contributed by atoms with E-state index in [2.05, 4.69) is 76.3 Å². The van der Waals surface area contributed by atoms with E-state index in [9.17, 15) is 19.2 Å². The molecule has 0 aromatic carbocycles. The summed E-state index contributed by atoms with van der Waals surface area (Å²) in [6, 6.07) is 0. The predicted octanol–water partition coefficient (Wildman–Crippen LogP) is 23.8. The molecule has 518 valence electrons. The number of unbranched alkanes of at least 4 members (excludes halogenated alkanes) is 44. The fourth-order valence-electron chi connectivity index (χ4n) is 11.8. The van der Waals surface area contributed by atoms with Crippen molar-refractivity contribution in [2.75, 3.05) is 13.7 Å². The summed E-state index contributed by atoms with van der Waals surface area (Å²) >= 11 is 0. The molecule has 0 saturated carbocycles. The van der Waals surface area contributed by atoms with Gasteiger partial charge in [0.1, 0.15) is 12.7 Å². The number of methoxy groups -OCH3 is 1. The predicted molar refractivity (Wildman–Crippen MR) is 374 cm³/mol. The largest absolute Gasteiger partial charge is 0.463 e. The highest BCUT2D eigenvalue weighted by atomic mass is 16.7. The minimum atomic E-state index is -1.24. The van der Waals surface area contributed by atoms with Crippen molar-refractivity contribution in [2.24, 2.45) is 0 Å². The van der Waals surface area contributed by atoms with Gasteiger partial charge in [-0.05, 0) is 128 Å². The summed E-state index contributed by atoms with van der Waals surface area (Å²) in [5.41, 5.74) is 0. The number of hydrogen-bond acceptors (Lipinski definition) is 10. The second kappa shape index (κ2) is 66.2. The van der Waals surface area contributed by atoms with Gasteiger partial charge in [0, 0.05) is 32.8 Å². The van der Waals surface area contributed by atoms with Crippen molar-refractivity contribution in [2.45, 2.75) is 418 Å². The topological polar surface area (TPSA) is 124 Å². The number of rotatable bonds is 66. The highest BCUT2D eigenvalue weighted by Gasteiger charge is 2.53. The lowest BCUT2D eigenvalue weighted by molar-refractivity contribution is -0.303. The van der Waals surface area contributed by atoms with Crippen molar-refractivity contribution in [3.63, 3.8) is 0 Å². The fourth-order valence-corrected chi connectivity index (χ4v) is 11.8. The van der Waals surface area contributed by atoms with E-state index >= 15 is 0 Å². The molecule has 10 nitrogen and oxygen atoms in total.